The van der Waals surface area contributed by atoms with Crippen LogP contribution in [0, 0.1) is 20.8 Å². The summed E-state index contributed by atoms with van der Waals surface area (Å²) < 4.78 is 0. The first-order valence-corrected chi connectivity index (χ1v) is 7.20. The second-order valence-electron chi connectivity index (χ2n) is 5.08. The van der Waals surface area contributed by atoms with Crippen molar-refractivity contribution in [3.8, 4) is 0 Å². The molecule has 0 bridgehead atoms. The van der Waals surface area contributed by atoms with Gasteiger partial charge in [-0.25, -0.2) is 0 Å². The van der Waals surface area contributed by atoms with E-state index in [1.807, 2.05) is 26.8 Å². The number of aromatic nitrogens is 2. The van der Waals surface area contributed by atoms with Crippen molar-refractivity contribution in [3.63, 3.8) is 0 Å². The second-order valence-corrected chi connectivity index (χ2v) is 5.08. The normalized spacial score (nSPS) is 11.2. The van der Waals surface area contributed by atoms with Gasteiger partial charge in [0.2, 0.25) is 5.96 Å². The lowest BCUT2D eigenvalue weighted by Gasteiger charge is -2.08. The van der Waals surface area contributed by atoms with Gasteiger partial charge in [0.1, 0.15) is 0 Å². The van der Waals surface area contributed by atoms with Crippen molar-refractivity contribution in [3.05, 3.63) is 58.7 Å². The zero-order valence-corrected chi connectivity index (χ0v) is 13.4. The van der Waals surface area contributed by atoms with Crippen LogP contribution >= 0.6 is 0 Å². The zero-order chi connectivity index (χ0) is 16.8. The Morgan fingerprint density at radius 3 is 2.43 bits per heavy atom. The van der Waals surface area contributed by atoms with Crippen LogP contribution < -0.4 is 16.5 Å². The van der Waals surface area contributed by atoms with E-state index in [0.717, 1.165) is 22.8 Å². The predicted molar refractivity (Wildman–Crippen MR) is 88.6 cm³/mol. The first-order valence-electron chi connectivity index (χ1n) is 7.20. The van der Waals surface area contributed by atoms with Crippen molar-refractivity contribution >= 4 is 11.9 Å². The van der Waals surface area contributed by atoms with E-state index in [-0.39, 0.29) is 11.9 Å². The standard InChI is InChI=1S/C16H20N6O/c1-10-11(2)20-14(12(3)19-10)9-18-22-16(17)21-15(23)13-7-5-4-6-8-13/h4-8,18H,9H2,1-3H3,(H3,17,21,22,23). The summed E-state index contributed by atoms with van der Waals surface area (Å²) in [4.78, 5) is 20.8. The molecule has 1 aromatic heterocycles. The van der Waals surface area contributed by atoms with Crippen LogP contribution in [0.5, 0.6) is 0 Å². The molecule has 0 atom stereocenters. The lowest BCUT2D eigenvalue weighted by molar-refractivity contribution is 0.0976. The van der Waals surface area contributed by atoms with Gasteiger partial charge in [0.05, 0.1) is 29.3 Å². The van der Waals surface area contributed by atoms with Crippen molar-refractivity contribution in [1.82, 2.24) is 20.7 Å². The highest BCUT2D eigenvalue weighted by Crippen LogP contribution is 2.06. The molecule has 4 N–H and O–H groups in total. The minimum Gasteiger partial charge on any atom is -0.368 e. The number of benzene rings is 1. The monoisotopic (exact) mass is 312 g/mol. The fourth-order valence-corrected chi connectivity index (χ4v) is 1.93. The predicted octanol–water partition coefficient (Wildman–Crippen LogP) is 1.15. The van der Waals surface area contributed by atoms with Crippen LogP contribution in [-0.2, 0) is 6.54 Å². The Hall–Kier alpha value is -2.96. The number of nitrogens with two attached hydrogens (primary N) is 1. The Morgan fingerprint density at radius 1 is 1.09 bits per heavy atom. The van der Waals surface area contributed by atoms with Crippen LogP contribution in [0.2, 0.25) is 0 Å². The fraction of sp³-hybridized carbons (Fsp3) is 0.250. The zero-order valence-electron chi connectivity index (χ0n) is 13.4. The first-order chi connectivity index (χ1) is 11.0. The molecule has 1 amide bonds. The summed E-state index contributed by atoms with van der Waals surface area (Å²) >= 11 is 0. The van der Waals surface area contributed by atoms with Gasteiger partial charge in [0, 0.05) is 5.56 Å². The molecule has 2 rings (SSSR count). The van der Waals surface area contributed by atoms with E-state index in [0.29, 0.717) is 12.1 Å². The SMILES string of the molecule is Cc1nc(C)c(CNN=C(N)NC(=O)c2ccccc2)nc1C. The Balaban J connectivity index is 1.93. The minimum absolute atomic E-state index is 0.00620. The molecule has 0 aliphatic rings. The summed E-state index contributed by atoms with van der Waals surface area (Å²) in [6, 6.07) is 8.79. The van der Waals surface area contributed by atoms with Crippen molar-refractivity contribution in [2.45, 2.75) is 27.3 Å². The maximum Gasteiger partial charge on any atom is 0.257 e. The Bertz CT molecular complexity index is 727. The number of carbonyl (C=O) groups is 1. The van der Waals surface area contributed by atoms with E-state index in [9.17, 15) is 4.79 Å². The van der Waals surface area contributed by atoms with E-state index < -0.39 is 0 Å². The molecule has 120 valence electrons. The topological polar surface area (TPSA) is 105 Å². The molecule has 0 saturated carbocycles. The summed E-state index contributed by atoms with van der Waals surface area (Å²) in [5.41, 5.74) is 12.4. The number of aryl methyl sites for hydroxylation is 3. The van der Waals surface area contributed by atoms with Gasteiger partial charge in [-0.3, -0.25) is 20.1 Å². The molecule has 7 nitrogen and oxygen atoms in total. The Morgan fingerprint density at radius 2 is 1.74 bits per heavy atom. The largest absolute Gasteiger partial charge is 0.368 e. The number of nitrogens with one attached hydrogen (secondary N) is 2. The van der Waals surface area contributed by atoms with Crippen molar-refractivity contribution in [2.75, 3.05) is 0 Å². The van der Waals surface area contributed by atoms with E-state index >= 15 is 0 Å². The third-order valence-corrected chi connectivity index (χ3v) is 3.30. The summed E-state index contributed by atoms with van der Waals surface area (Å²) in [5.74, 6) is -0.316. The Kier molecular flexibility index (Phi) is 5.24. The van der Waals surface area contributed by atoms with E-state index in [1.165, 1.54) is 0 Å². The van der Waals surface area contributed by atoms with E-state index in [4.69, 9.17) is 5.73 Å². The van der Waals surface area contributed by atoms with Crippen LogP contribution in [0.15, 0.2) is 35.4 Å². The van der Waals surface area contributed by atoms with Crippen LogP contribution in [0.3, 0.4) is 0 Å². The van der Waals surface area contributed by atoms with Gasteiger partial charge in [0.25, 0.3) is 5.91 Å². The molecule has 0 unspecified atom stereocenters. The molecule has 0 aliphatic heterocycles. The molecule has 7 heteroatoms. The number of nitrogens with zero attached hydrogens (tertiary/aromatic N) is 3. The number of hydrogen-bond acceptors (Lipinski definition) is 5. The molecule has 1 heterocycles. The molecule has 0 spiro atoms. The molecule has 0 saturated heterocycles. The van der Waals surface area contributed by atoms with Crippen molar-refractivity contribution in [2.24, 2.45) is 10.8 Å². The highest BCUT2D eigenvalue weighted by Gasteiger charge is 2.07. The molecule has 0 radical (unpaired) electrons. The van der Waals surface area contributed by atoms with Crippen LogP contribution in [0.4, 0.5) is 0 Å². The van der Waals surface area contributed by atoms with Crippen molar-refractivity contribution < 1.29 is 4.79 Å². The van der Waals surface area contributed by atoms with E-state index in [2.05, 4.69) is 25.8 Å². The smallest absolute Gasteiger partial charge is 0.257 e. The van der Waals surface area contributed by atoms with Gasteiger partial charge in [0.15, 0.2) is 0 Å². The summed E-state index contributed by atoms with van der Waals surface area (Å²) in [7, 11) is 0. The molecule has 0 fully saturated rings. The number of rotatable bonds is 4. The van der Waals surface area contributed by atoms with Crippen LogP contribution in [-0.4, -0.2) is 21.8 Å². The van der Waals surface area contributed by atoms with Crippen molar-refractivity contribution in [1.29, 1.82) is 0 Å². The average Bonchev–Trinajstić information content (AvgIpc) is 2.53. The average molecular weight is 312 g/mol. The quantitative estimate of drug-likeness (QED) is 0.446. The van der Waals surface area contributed by atoms with Gasteiger partial charge >= 0.3 is 0 Å². The maximum absolute atomic E-state index is 11.9. The van der Waals surface area contributed by atoms with Gasteiger partial charge in [-0.2, -0.15) is 0 Å². The Labute approximate surface area is 135 Å². The fourth-order valence-electron chi connectivity index (χ4n) is 1.93. The van der Waals surface area contributed by atoms with E-state index in [1.54, 1.807) is 24.3 Å². The van der Waals surface area contributed by atoms with Gasteiger partial charge in [-0.1, -0.05) is 18.2 Å². The minimum atomic E-state index is -0.309. The molecule has 23 heavy (non-hydrogen) atoms. The molecule has 2 aromatic rings. The summed E-state index contributed by atoms with van der Waals surface area (Å²) in [5, 5.41) is 6.43. The summed E-state index contributed by atoms with van der Waals surface area (Å²) in [6.07, 6.45) is 0. The number of carbonyl (C=O) groups excluding carboxylic acids is 1. The number of guanidine groups is 1. The number of hydrazone groups is 1. The van der Waals surface area contributed by atoms with Gasteiger partial charge in [-0.05, 0) is 32.9 Å². The van der Waals surface area contributed by atoms with Crippen LogP contribution in [0.1, 0.15) is 33.1 Å². The third-order valence-electron chi connectivity index (χ3n) is 3.30. The maximum atomic E-state index is 11.9. The molecular weight excluding hydrogens is 292 g/mol. The highest BCUT2D eigenvalue weighted by molar-refractivity contribution is 6.05. The van der Waals surface area contributed by atoms with Gasteiger partial charge < -0.3 is 11.2 Å². The number of hydrogen-bond donors (Lipinski definition) is 3. The third kappa shape index (κ3) is 4.50. The first kappa shape index (κ1) is 16.4. The number of amides is 1. The molecule has 1 aromatic carbocycles. The molecule has 0 aliphatic carbocycles. The second kappa shape index (κ2) is 7.35. The lowest BCUT2D eigenvalue weighted by atomic mass is 10.2. The van der Waals surface area contributed by atoms with Crippen LogP contribution in [0.25, 0.3) is 0 Å². The highest BCUT2D eigenvalue weighted by atomic mass is 16.1. The summed E-state index contributed by atoms with van der Waals surface area (Å²) in [6.45, 7) is 6.09. The van der Waals surface area contributed by atoms with Gasteiger partial charge in [-0.15, -0.1) is 5.10 Å². The lowest BCUT2D eigenvalue weighted by Crippen LogP contribution is -2.38. The molecular formula is C16H20N6O.